The minimum atomic E-state index is -0.884. The number of fused-ring (bicyclic) bond motifs is 2. The summed E-state index contributed by atoms with van der Waals surface area (Å²) in [5.41, 5.74) is -0.470. The Labute approximate surface area is 133 Å². The molecule has 3 heterocycles. The van der Waals surface area contributed by atoms with Gasteiger partial charge in [-0.1, -0.05) is 19.0 Å². The fourth-order valence-electron chi connectivity index (χ4n) is 3.81. The van der Waals surface area contributed by atoms with Crippen LogP contribution in [0.25, 0.3) is 11.5 Å². The van der Waals surface area contributed by atoms with Crippen LogP contribution in [0.5, 0.6) is 0 Å². The number of carbonyl (C=O) groups is 1. The van der Waals surface area contributed by atoms with Gasteiger partial charge in [-0.25, -0.2) is 0 Å². The van der Waals surface area contributed by atoms with E-state index in [-0.39, 0.29) is 5.97 Å². The van der Waals surface area contributed by atoms with E-state index in [1.165, 1.54) is 0 Å². The Bertz CT molecular complexity index is 798. The van der Waals surface area contributed by atoms with Crippen LogP contribution in [-0.4, -0.2) is 31.9 Å². The van der Waals surface area contributed by atoms with Gasteiger partial charge in [0.15, 0.2) is 5.41 Å². The van der Waals surface area contributed by atoms with Gasteiger partial charge in [-0.3, -0.25) is 4.79 Å². The lowest BCUT2D eigenvalue weighted by molar-refractivity contribution is -0.156. The van der Waals surface area contributed by atoms with Gasteiger partial charge in [0.05, 0.1) is 5.69 Å². The summed E-state index contributed by atoms with van der Waals surface area (Å²) in [5.74, 6) is 0.374. The van der Waals surface area contributed by atoms with Crippen LogP contribution in [0.1, 0.15) is 45.2 Å². The molecule has 23 heavy (non-hydrogen) atoms. The highest BCUT2D eigenvalue weighted by Gasteiger charge is 2.76. The molecule has 120 valence electrons. The molecule has 0 aromatic carbocycles. The van der Waals surface area contributed by atoms with E-state index in [2.05, 4.69) is 20.3 Å². The van der Waals surface area contributed by atoms with Crippen LogP contribution in [0, 0.1) is 12.3 Å². The van der Waals surface area contributed by atoms with E-state index < -0.39 is 16.4 Å². The van der Waals surface area contributed by atoms with Gasteiger partial charge in [-0.15, -0.1) is 5.10 Å². The third-order valence-corrected chi connectivity index (χ3v) is 5.85. The first-order chi connectivity index (χ1) is 10.8. The summed E-state index contributed by atoms with van der Waals surface area (Å²) >= 11 is 0. The summed E-state index contributed by atoms with van der Waals surface area (Å²) in [4.78, 5) is 17.0. The number of hydrogen-bond donors (Lipinski definition) is 0. The third-order valence-electron chi connectivity index (χ3n) is 5.85. The highest BCUT2D eigenvalue weighted by molar-refractivity contribution is 5.87. The zero-order valence-electron chi connectivity index (χ0n) is 13.6. The Kier molecular flexibility index (Phi) is 2.58. The second kappa shape index (κ2) is 4.15. The molecular formula is C16H18N4O3. The molecule has 7 heteroatoms. The Morgan fingerprint density at radius 1 is 1.13 bits per heavy atom. The fourth-order valence-corrected chi connectivity index (χ4v) is 3.81. The minimum absolute atomic E-state index is 0.276. The normalized spacial score (nSPS) is 31.4. The summed E-state index contributed by atoms with van der Waals surface area (Å²) < 4.78 is 11.1. The number of rotatable bonds is 2. The van der Waals surface area contributed by atoms with Crippen LogP contribution >= 0.6 is 0 Å². The third kappa shape index (κ3) is 1.57. The number of esters is 1. The molecule has 2 aromatic heterocycles. The number of hydrogen-bond acceptors (Lipinski definition) is 7. The van der Waals surface area contributed by atoms with Gasteiger partial charge >= 0.3 is 5.97 Å². The number of carbonyl (C=O) groups excluding carboxylic acids is 1. The maximum atomic E-state index is 12.6. The van der Waals surface area contributed by atoms with Crippen LogP contribution in [0.4, 0.5) is 0 Å². The van der Waals surface area contributed by atoms with E-state index in [4.69, 9.17) is 9.26 Å². The van der Waals surface area contributed by atoms with Crippen molar-refractivity contribution >= 4 is 5.97 Å². The largest absolute Gasteiger partial charge is 0.458 e. The lowest BCUT2D eigenvalue weighted by atomic mass is 9.65. The van der Waals surface area contributed by atoms with Crippen molar-refractivity contribution in [1.82, 2.24) is 20.3 Å². The van der Waals surface area contributed by atoms with Crippen molar-refractivity contribution in [2.24, 2.45) is 5.41 Å². The van der Waals surface area contributed by atoms with E-state index in [9.17, 15) is 4.79 Å². The van der Waals surface area contributed by atoms with Crippen LogP contribution in [0.2, 0.25) is 0 Å². The van der Waals surface area contributed by atoms with Crippen LogP contribution in [0.15, 0.2) is 16.7 Å². The van der Waals surface area contributed by atoms with Crippen molar-refractivity contribution < 1.29 is 14.1 Å². The molecule has 4 rings (SSSR count). The minimum Gasteiger partial charge on any atom is -0.458 e. The summed E-state index contributed by atoms with van der Waals surface area (Å²) in [6.07, 6.45) is 1.43. The quantitative estimate of drug-likeness (QED) is 0.785. The molecule has 0 radical (unpaired) electrons. The van der Waals surface area contributed by atoms with E-state index in [1.54, 1.807) is 6.07 Å². The molecule has 2 aliphatic rings. The predicted octanol–water partition coefficient (Wildman–Crippen LogP) is 2.21. The molecule has 0 amide bonds. The maximum Gasteiger partial charge on any atom is 0.322 e. The van der Waals surface area contributed by atoms with Gasteiger partial charge in [0.25, 0.3) is 0 Å². The van der Waals surface area contributed by atoms with Crippen molar-refractivity contribution in [2.75, 3.05) is 0 Å². The van der Waals surface area contributed by atoms with Gasteiger partial charge < -0.3 is 9.26 Å². The number of ether oxygens (including phenoxy) is 1. The average Bonchev–Trinajstić information content (AvgIpc) is 3.08. The molecule has 2 bridgehead atoms. The lowest BCUT2D eigenvalue weighted by Gasteiger charge is -2.33. The van der Waals surface area contributed by atoms with Crippen molar-refractivity contribution in [1.29, 1.82) is 0 Å². The Balaban J connectivity index is 1.80. The molecule has 0 spiro atoms. The molecule has 1 aliphatic heterocycles. The van der Waals surface area contributed by atoms with Crippen molar-refractivity contribution in [3.8, 4) is 11.5 Å². The molecule has 1 aliphatic carbocycles. The summed E-state index contributed by atoms with van der Waals surface area (Å²) in [5, 5.41) is 12.1. The van der Waals surface area contributed by atoms with E-state index in [1.807, 2.05) is 33.8 Å². The van der Waals surface area contributed by atoms with E-state index >= 15 is 0 Å². The molecular weight excluding hydrogens is 296 g/mol. The van der Waals surface area contributed by atoms with Gasteiger partial charge in [0.1, 0.15) is 11.3 Å². The van der Waals surface area contributed by atoms with Gasteiger partial charge in [-0.2, -0.15) is 10.1 Å². The van der Waals surface area contributed by atoms with Gasteiger partial charge in [-0.05, 0) is 38.8 Å². The van der Waals surface area contributed by atoms with Crippen molar-refractivity contribution in [3.63, 3.8) is 0 Å². The SMILES string of the molecule is Cc1ccc(-c2noc(C34CCC(C)(OC3=O)C4(C)C)n2)nn1. The zero-order chi connectivity index (χ0) is 16.5. The highest BCUT2D eigenvalue weighted by Crippen LogP contribution is 2.65. The van der Waals surface area contributed by atoms with Gasteiger partial charge in [0, 0.05) is 5.41 Å². The Morgan fingerprint density at radius 2 is 1.91 bits per heavy atom. The van der Waals surface area contributed by atoms with Crippen LogP contribution in [0.3, 0.4) is 0 Å². The van der Waals surface area contributed by atoms with Gasteiger partial charge in [0.2, 0.25) is 11.7 Å². The van der Waals surface area contributed by atoms with Crippen LogP contribution in [-0.2, 0) is 14.9 Å². The lowest BCUT2D eigenvalue weighted by Crippen LogP contribution is -2.43. The zero-order valence-corrected chi connectivity index (χ0v) is 13.6. The monoisotopic (exact) mass is 314 g/mol. The molecule has 0 N–H and O–H groups in total. The summed E-state index contributed by atoms with van der Waals surface area (Å²) in [6, 6.07) is 3.61. The Hall–Kier alpha value is -2.31. The molecule has 7 nitrogen and oxygen atoms in total. The predicted molar refractivity (Wildman–Crippen MR) is 79.3 cm³/mol. The number of nitrogens with zero attached hydrogens (tertiary/aromatic N) is 4. The highest BCUT2D eigenvalue weighted by atomic mass is 16.6. The first-order valence-electron chi connectivity index (χ1n) is 7.68. The average molecular weight is 314 g/mol. The second-order valence-electron chi connectivity index (χ2n) is 7.13. The fraction of sp³-hybridized carbons (Fsp3) is 0.562. The van der Waals surface area contributed by atoms with Crippen molar-refractivity contribution in [2.45, 2.75) is 51.6 Å². The summed E-state index contributed by atoms with van der Waals surface area (Å²) in [7, 11) is 0. The van der Waals surface area contributed by atoms with Crippen LogP contribution < -0.4 is 0 Å². The first kappa shape index (κ1) is 14.3. The molecule has 1 saturated heterocycles. The Morgan fingerprint density at radius 3 is 2.48 bits per heavy atom. The molecule has 2 unspecified atom stereocenters. The molecule has 1 saturated carbocycles. The maximum absolute atomic E-state index is 12.6. The smallest absolute Gasteiger partial charge is 0.322 e. The second-order valence-corrected chi connectivity index (χ2v) is 7.13. The van der Waals surface area contributed by atoms with E-state index in [0.29, 0.717) is 23.8 Å². The number of aromatic nitrogens is 4. The van der Waals surface area contributed by atoms with E-state index in [0.717, 1.165) is 12.1 Å². The molecule has 2 fully saturated rings. The topological polar surface area (TPSA) is 91.0 Å². The molecule has 2 aromatic rings. The standard InChI is InChI=1S/C16H18N4O3/c1-9-5-6-10(19-18-9)11-17-12(23-20-11)16-8-7-15(4,14(16,2)3)22-13(16)21/h5-6H,7-8H2,1-4H3. The first-order valence-corrected chi connectivity index (χ1v) is 7.68. The number of aryl methyl sites for hydroxylation is 1. The molecule has 2 atom stereocenters. The van der Waals surface area contributed by atoms with Crippen molar-refractivity contribution in [3.05, 3.63) is 23.7 Å². The summed E-state index contributed by atoms with van der Waals surface area (Å²) in [6.45, 7) is 7.89.